The summed E-state index contributed by atoms with van der Waals surface area (Å²) >= 11 is 0. The summed E-state index contributed by atoms with van der Waals surface area (Å²) in [4.78, 5) is 20.0. The Hall–Kier alpha value is -2.95. The minimum Gasteiger partial charge on any atom is -0.497 e. The van der Waals surface area contributed by atoms with Crippen molar-refractivity contribution in [3.63, 3.8) is 0 Å². The summed E-state index contributed by atoms with van der Waals surface area (Å²) in [5.41, 5.74) is 9.19. The number of anilines is 1. The molecule has 0 saturated carbocycles. The predicted molar refractivity (Wildman–Crippen MR) is 89.8 cm³/mol. The lowest BCUT2D eigenvalue weighted by molar-refractivity contribution is 0.101. The molecule has 0 aliphatic heterocycles. The van der Waals surface area contributed by atoms with Gasteiger partial charge in [0.25, 0.3) is 0 Å². The molecule has 0 aliphatic rings. The third-order valence-corrected chi connectivity index (χ3v) is 3.73. The first-order valence-corrected chi connectivity index (χ1v) is 7.27. The molecule has 0 fully saturated rings. The van der Waals surface area contributed by atoms with Crippen molar-refractivity contribution < 1.29 is 9.53 Å². The maximum absolute atomic E-state index is 11.4. The summed E-state index contributed by atoms with van der Waals surface area (Å²) in [5, 5.41) is 0.911. The number of nitrogen functional groups attached to an aromatic ring is 1. The third kappa shape index (κ3) is 3.13. The van der Waals surface area contributed by atoms with E-state index in [0.717, 1.165) is 27.9 Å². The summed E-state index contributed by atoms with van der Waals surface area (Å²) in [7, 11) is 1.62. The normalized spacial score (nSPS) is 10.7. The van der Waals surface area contributed by atoms with Gasteiger partial charge in [0.05, 0.1) is 18.3 Å². The van der Waals surface area contributed by atoms with Crippen LogP contribution in [0.5, 0.6) is 5.75 Å². The number of carbonyl (C=O) groups is 1. The van der Waals surface area contributed by atoms with Crippen molar-refractivity contribution >= 4 is 22.6 Å². The van der Waals surface area contributed by atoms with Crippen LogP contribution < -0.4 is 10.5 Å². The number of Topliss-reactive ketones (excluding diaryl/α,β-unsaturated/α-hetero) is 1. The van der Waals surface area contributed by atoms with E-state index in [1.165, 1.54) is 0 Å². The third-order valence-electron chi connectivity index (χ3n) is 3.73. The number of fused-ring (bicyclic) bond motifs is 1. The molecule has 2 aromatic carbocycles. The number of hydrogen-bond donors (Lipinski definition) is 1. The number of nitrogens with two attached hydrogens (primary N) is 1. The van der Waals surface area contributed by atoms with Crippen LogP contribution in [0.1, 0.15) is 28.5 Å². The zero-order valence-corrected chi connectivity index (χ0v) is 13.0. The summed E-state index contributed by atoms with van der Waals surface area (Å²) in [6.45, 7) is 1.56. The largest absolute Gasteiger partial charge is 0.497 e. The number of benzene rings is 2. The van der Waals surface area contributed by atoms with Gasteiger partial charge in [-0.3, -0.25) is 4.79 Å². The summed E-state index contributed by atoms with van der Waals surface area (Å²) in [6, 6.07) is 13.1. The molecular formula is C18H17N3O2. The van der Waals surface area contributed by atoms with Crippen LogP contribution >= 0.6 is 0 Å². The molecule has 3 rings (SSSR count). The number of hydrogen-bond acceptors (Lipinski definition) is 5. The Morgan fingerprint density at radius 3 is 2.52 bits per heavy atom. The number of nitrogens with zero attached hydrogens (tertiary/aromatic N) is 2. The van der Waals surface area contributed by atoms with Gasteiger partial charge in [-0.25, -0.2) is 9.97 Å². The second-order valence-electron chi connectivity index (χ2n) is 5.34. The van der Waals surface area contributed by atoms with Gasteiger partial charge >= 0.3 is 0 Å². The Bertz CT molecular complexity index is 873. The molecule has 5 nitrogen and oxygen atoms in total. The van der Waals surface area contributed by atoms with Crippen LogP contribution in [-0.4, -0.2) is 22.9 Å². The van der Waals surface area contributed by atoms with Gasteiger partial charge in [-0.1, -0.05) is 24.3 Å². The van der Waals surface area contributed by atoms with Crippen molar-refractivity contribution in [1.29, 1.82) is 0 Å². The average molecular weight is 307 g/mol. The van der Waals surface area contributed by atoms with Crippen molar-refractivity contribution in [2.75, 3.05) is 12.8 Å². The lowest BCUT2D eigenvalue weighted by atomic mass is 10.0. The zero-order valence-electron chi connectivity index (χ0n) is 13.0. The first kappa shape index (κ1) is 15.0. The van der Waals surface area contributed by atoms with E-state index in [9.17, 15) is 4.79 Å². The van der Waals surface area contributed by atoms with Gasteiger partial charge in [-0.05, 0) is 30.7 Å². The smallest absolute Gasteiger partial charge is 0.220 e. The molecule has 1 aromatic heterocycles. The number of ketones is 1. The molecule has 0 saturated heterocycles. The van der Waals surface area contributed by atoms with Crippen molar-refractivity contribution in [2.24, 2.45) is 0 Å². The minimum atomic E-state index is 0.0537. The predicted octanol–water partition coefficient (Wildman–Crippen LogP) is 3.01. The van der Waals surface area contributed by atoms with Gasteiger partial charge in [0.1, 0.15) is 5.75 Å². The molecule has 1 heterocycles. The molecule has 116 valence electrons. The number of methoxy groups -OCH3 is 1. The maximum Gasteiger partial charge on any atom is 0.220 e. The summed E-state index contributed by atoms with van der Waals surface area (Å²) < 4.78 is 5.28. The fourth-order valence-corrected chi connectivity index (χ4v) is 2.50. The second kappa shape index (κ2) is 6.04. The highest BCUT2D eigenvalue weighted by molar-refractivity contribution is 5.94. The molecule has 0 atom stereocenters. The highest BCUT2D eigenvalue weighted by atomic mass is 16.5. The van der Waals surface area contributed by atoms with E-state index < -0.39 is 0 Å². The van der Waals surface area contributed by atoms with Gasteiger partial charge in [-0.15, -0.1) is 0 Å². The van der Waals surface area contributed by atoms with Crippen LogP contribution in [0.25, 0.3) is 10.9 Å². The fraction of sp³-hybridized carbons (Fsp3) is 0.167. The quantitative estimate of drug-likeness (QED) is 0.750. The van der Waals surface area contributed by atoms with E-state index in [0.29, 0.717) is 12.0 Å². The Labute approximate surface area is 134 Å². The number of rotatable bonds is 4. The molecule has 0 unspecified atom stereocenters. The van der Waals surface area contributed by atoms with E-state index in [1.54, 1.807) is 14.0 Å². The van der Waals surface area contributed by atoms with Crippen molar-refractivity contribution in [3.8, 4) is 5.75 Å². The highest BCUT2D eigenvalue weighted by Crippen LogP contribution is 2.24. The van der Waals surface area contributed by atoms with Gasteiger partial charge in [-0.2, -0.15) is 0 Å². The van der Waals surface area contributed by atoms with E-state index >= 15 is 0 Å². The first-order chi connectivity index (χ1) is 11.1. The van der Waals surface area contributed by atoms with E-state index in [4.69, 9.17) is 10.5 Å². The van der Waals surface area contributed by atoms with E-state index in [-0.39, 0.29) is 11.7 Å². The Balaban J connectivity index is 2.02. The van der Waals surface area contributed by atoms with Crippen LogP contribution in [0.3, 0.4) is 0 Å². The molecule has 0 bridgehead atoms. The minimum absolute atomic E-state index is 0.0537. The second-order valence-corrected chi connectivity index (χ2v) is 5.34. The Morgan fingerprint density at radius 2 is 1.87 bits per heavy atom. The highest BCUT2D eigenvalue weighted by Gasteiger charge is 2.09. The van der Waals surface area contributed by atoms with Crippen LogP contribution in [0, 0.1) is 0 Å². The van der Waals surface area contributed by atoms with Crippen molar-refractivity contribution in [3.05, 3.63) is 59.3 Å². The summed E-state index contributed by atoms with van der Waals surface area (Å²) in [6.07, 6.45) is 0.606. The maximum atomic E-state index is 11.4. The molecular weight excluding hydrogens is 290 g/mol. The molecule has 0 aliphatic carbocycles. The van der Waals surface area contributed by atoms with E-state index in [1.807, 2.05) is 42.5 Å². The lowest BCUT2D eigenvalue weighted by Crippen LogP contribution is -2.02. The summed E-state index contributed by atoms with van der Waals surface area (Å²) in [5.74, 6) is 1.05. The Morgan fingerprint density at radius 1 is 1.13 bits per heavy atom. The SMILES string of the molecule is COc1ccc2nc(N)nc(Cc3ccc(C(C)=O)cc3)c2c1. The van der Waals surface area contributed by atoms with Crippen LogP contribution in [0.15, 0.2) is 42.5 Å². The molecule has 2 N–H and O–H groups in total. The average Bonchev–Trinajstić information content (AvgIpc) is 2.55. The van der Waals surface area contributed by atoms with Gasteiger partial charge in [0, 0.05) is 17.4 Å². The standard InChI is InChI=1S/C18H17N3O2/c1-11(22)13-5-3-12(4-6-13)9-17-15-10-14(23-2)7-8-16(15)20-18(19)21-17/h3-8,10H,9H2,1-2H3,(H2,19,20,21). The topological polar surface area (TPSA) is 78.1 Å². The van der Waals surface area contributed by atoms with Crippen LogP contribution in [0.2, 0.25) is 0 Å². The number of carbonyl (C=O) groups excluding carboxylic acids is 1. The lowest BCUT2D eigenvalue weighted by Gasteiger charge is -2.09. The molecule has 5 heteroatoms. The monoisotopic (exact) mass is 307 g/mol. The fourth-order valence-electron chi connectivity index (χ4n) is 2.50. The van der Waals surface area contributed by atoms with Gasteiger partial charge in [0.2, 0.25) is 5.95 Å². The Kier molecular flexibility index (Phi) is 3.93. The molecule has 23 heavy (non-hydrogen) atoms. The van der Waals surface area contributed by atoms with Crippen molar-refractivity contribution in [1.82, 2.24) is 9.97 Å². The molecule has 0 spiro atoms. The van der Waals surface area contributed by atoms with Gasteiger partial charge < -0.3 is 10.5 Å². The number of aromatic nitrogens is 2. The van der Waals surface area contributed by atoms with Crippen LogP contribution in [0.4, 0.5) is 5.95 Å². The molecule has 0 amide bonds. The molecule has 3 aromatic rings. The first-order valence-electron chi connectivity index (χ1n) is 7.27. The van der Waals surface area contributed by atoms with Gasteiger partial charge in [0.15, 0.2) is 5.78 Å². The number of ether oxygens (including phenoxy) is 1. The van der Waals surface area contributed by atoms with Crippen molar-refractivity contribution in [2.45, 2.75) is 13.3 Å². The molecule has 0 radical (unpaired) electrons. The zero-order chi connectivity index (χ0) is 16.4. The van der Waals surface area contributed by atoms with E-state index in [2.05, 4.69) is 9.97 Å². The van der Waals surface area contributed by atoms with Crippen LogP contribution in [-0.2, 0) is 6.42 Å².